The van der Waals surface area contributed by atoms with Crippen LogP contribution in [0, 0.1) is 0 Å². The smallest absolute Gasteiger partial charge is 0.260 e. The molecule has 18 heavy (non-hydrogen) atoms. The summed E-state index contributed by atoms with van der Waals surface area (Å²) >= 11 is 1.12. The molecule has 0 aliphatic heterocycles. The number of thioether (sulfide) groups is 1. The summed E-state index contributed by atoms with van der Waals surface area (Å²) in [5, 5.41) is 0.0930. The summed E-state index contributed by atoms with van der Waals surface area (Å²) in [6.07, 6.45) is -1.71. The number of pyridine rings is 1. The normalized spacial score (nSPS) is 11.5. The molecule has 0 aliphatic rings. The summed E-state index contributed by atoms with van der Waals surface area (Å²) in [5.41, 5.74) is -0.162. The molecule has 0 aliphatic carbocycles. The van der Waals surface area contributed by atoms with Gasteiger partial charge in [0.25, 0.3) is 0 Å². The van der Waals surface area contributed by atoms with Gasteiger partial charge in [-0.3, -0.25) is 4.98 Å². The Hall–Kier alpha value is -1.63. The van der Waals surface area contributed by atoms with Crippen molar-refractivity contribution in [2.24, 2.45) is 0 Å². The van der Waals surface area contributed by atoms with Crippen LogP contribution in [-0.4, -0.2) is 15.0 Å². The van der Waals surface area contributed by atoms with E-state index < -0.39 is 11.9 Å². The van der Waals surface area contributed by atoms with Gasteiger partial charge in [-0.05, 0) is 18.2 Å². The maximum atomic E-state index is 12.4. The van der Waals surface area contributed by atoms with Crippen molar-refractivity contribution in [3.05, 3.63) is 48.0 Å². The van der Waals surface area contributed by atoms with Crippen LogP contribution < -0.4 is 0 Å². The molecule has 0 spiro atoms. The standard InChI is InChI=1S/C11H8F3N3S/c12-11(13,14)9-4-6-16-10(17-9)18-7-8-3-1-2-5-15-8/h1-6H,7H2. The minimum absolute atomic E-state index is 0.0930. The molecular weight excluding hydrogens is 263 g/mol. The van der Waals surface area contributed by atoms with Crippen LogP contribution in [0.15, 0.2) is 41.8 Å². The average molecular weight is 271 g/mol. The van der Waals surface area contributed by atoms with Crippen LogP contribution in [0.3, 0.4) is 0 Å². The third kappa shape index (κ3) is 3.43. The number of nitrogens with zero attached hydrogens (tertiary/aromatic N) is 3. The summed E-state index contributed by atoms with van der Waals surface area (Å²) in [6.45, 7) is 0. The molecule has 2 aromatic heterocycles. The Labute approximate surface area is 105 Å². The van der Waals surface area contributed by atoms with Gasteiger partial charge in [0.1, 0.15) is 5.69 Å². The van der Waals surface area contributed by atoms with Gasteiger partial charge in [-0.1, -0.05) is 17.8 Å². The molecule has 7 heteroatoms. The van der Waals surface area contributed by atoms with Gasteiger partial charge >= 0.3 is 6.18 Å². The van der Waals surface area contributed by atoms with E-state index in [0.29, 0.717) is 5.75 Å². The highest BCUT2D eigenvalue weighted by Gasteiger charge is 2.32. The zero-order valence-electron chi connectivity index (χ0n) is 9.05. The minimum atomic E-state index is -4.44. The molecule has 2 aromatic rings. The lowest BCUT2D eigenvalue weighted by atomic mass is 10.4. The van der Waals surface area contributed by atoms with Crippen molar-refractivity contribution in [3.8, 4) is 0 Å². The zero-order valence-corrected chi connectivity index (χ0v) is 9.87. The van der Waals surface area contributed by atoms with Crippen LogP contribution in [0.25, 0.3) is 0 Å². The summed E-state index contributed by atoms with van der Waals surface area (Å²) in [6, 6.07) is 6.23. The van der Waals surface area contributed by atoms with Gasteiger partial charge in [0.05, 0.1) is 5.69 Å². The third-order valence-corrected chi connectivity index (χ3v) is 2.89. The third-order valence-electron chi connectivity index (χ3n) is 2.00. The van der Waals surface area contributed by atoms with Crippen LogP contribution in [0.1, 0.15) is 11.4 Å². The Bertz CT molecular complexity index is 516. The Kier molecular flexibility index (Phi) is 3.81. The molecule has 0 N–H and O–H groups in total. The molecule has 0 unspecified atom stereocenters. The first-order chi connectivity index (χ1) is 8.55. The predicted octanol–water partition coefficient (Wildman–Crippen LogP) is 3.18. The van der Waals surface area contributed by atoms with Gasteiger partial charge in [0.15, 0.2) is 5.16 Å². The zero-order chi connectivity index (χ0) is 13.0. The number of halogens is 3. The Morgan fingerprint density at radius 1 is 1.06 bits per heavy atom. The maximum Gasteiger partial charge on any atom is 0.433 e. The Morgan fingerprint density at radius 3 is 2.56 bits per heavy atom. The highest BCUT2D eigenvalue weighted by atomic mass is 32.2. The Balaban J connectivity index is 2.06. The van der Waals surface area contributed by atoms with E-state index in [9.17, 15) is 13.2 Å². The number of alkyl halides is 3. The van der Waals surface area contributed by atoms with Crippen LogP contribution in [0.2, 0.25) is 0 Å². The highest BCUT2D eigenvalue weighted by molar-refractivity contribution is 7.98. The second kappa shape index (κ2) is 5.34. The fourth-order valence-electron chi connectivity index (χ4n) is 1.19. The largest absolute Gasteiger partial charge is 0.433 e. The molecule has 94 valence electrons. The monoisotopic (exact) mass is 271 g/mol. The summed E-state index contributed by atoms with van der Waals surface area (Å²) in [4.78, 5) is 11.3. The topological polar surface area (TPSA) is 38.7 Å². The first-order valence-electron chi connectivity index (χ1n) is 4.98. The lowest BCUT2D eigenvalue weighted by Gasteiger charge is -2.06. The van der Waals surface area contributed by atoms with Gasteiger partial charge in [-0.15, -0.1) is 0 Å². The molecule has 0 amide bonds. The van der Waals surface area contributed by atoms with Crippen LogP contribution in [-0.2, 0) is 11.9 Å². The molecule has 0 atom stereocenters. The fraction of sp³-hybridized carbons (Fsp3) is 0.182. The van der Waals surface area contributed by atoms with E-state index in [1.165, 1.54) is 0 Å². The van der Waals surface area contributed by atoms with Crippen LogP contribution in [0.5, 0.6) is 0 Å². The lowest BCUT2D eigenvalue weighted by Crippen LogP contribution is -2.08. The molecule has 0 saturated heterocycles. The number of rotatable bonds is 3. The molecule has 3 nitrogen and oxygen atoms in total. The van der Waals surface area contributed by atoms with Gasteiger partial charge < -0.3 is 0 Å². The number of aromatic nitrogens is 3. The van der Waals surface area contributed by atoms with Crippen molar-refractivity contribution >= 4 is 11.8 Å². The van der Waals surface area contributed by atoms with Gasteiger partial charge in [-0.25, -0.2) is 9.97 Å². The molecule has 0 fully saturated rings. The lowest BCUT2D eigenvalue weighted by molar-refractivity contribution is -0.141. The Morgan fingerprint density at radius 2 is 1.89 bits per heavy atom. The van der Waals surface area contributed by atoms with Crippen LogP contribution >= 0.6 is 11.8 Å². The second-order valence-corrected chi connectivity index (χ2v) is 4.27. The quantitative estimate of drug-likeness (QED) is 0.635. The molecule has 0 aromatic carbocycles. The van der Waals surface area contributed by atoms with Crippen molar-refractivity contribution in [1.29, 1.82) is 0 Å². The summed E-state index contributed by atoms with van der Waals surface area (Å²) < 4.78 is 37.3. The molecule has 0 radical (unpaired) electrons. The SMILES string of the molecule is FC(F)(F)c1ccnc(SCc2ccccn2)n1. The van der Waals surface area contributed by atoms with Crippen LogP contribution in [0.4, 0.5) is 13.2 Å². The molecule has 2 heterocycles. The predicted molar refractivity (Wildman–Crippen MR) is 60.8 cm³/mol. The first-order valence-corrected chi connectivity index (χ1v) is 5.97. The average Bonchev–Trinajstić information content (AvgIpc) is 2.37. The summed E-state index contributed by atoms with van der Waals surface area (Å²) in [5.74, 6) is 0.433. The number of hydrogen-bond acceptors (Lipinski definition) is 4. The van der Waals surface area contributed by atoms with Gasteiger partial charge in [0.2, 0.25) is 0 Å². The van der Waals surface area contributed by atoms with E-state index in [0.717, 1.165) is 29.7 Å². The van der Waals surface area contributed by atoms with Gasteiger partial charge in [-0.2, -0.15) is 13.2 Å². The molecular formula is C11H8F3N3S. The van der Waals surface area contributed by atoms with E-state index in [2.05, 4.69) is 15.0 Å². The maximum absolute atomic E-state index is 12.4. The fourth-order valence-corrected chi connectivity index (χ4v) is 1.94. The van der Waals surface area contributed by atoms with Crippen molar-refractivity contribution in [2.75, 3.05) is 0 Å². The minimum Gasteiger partial charge on any atom is -0.260 e. The number of hydrogen-bond donors (Lipinski definition) is 0. The highest BCUT2D eigenvalue weighted by Crippen LogP contribution is 2.28. The molecule has 0 bridgehead atoms. The van der Waals surface area contributed by atoms with Crippen molar-refractivity contribution < 1.29 is 13.2 Å². The van der Waals surface area contributed by atoms with E-state index in [1.807, 2.05) is 6.07 Å². The van der Waals surface area contributed by atoms with E-state index in [4.69, 9.17) is 0 Å². The van der Waals surface area contributed by atoms with Gasteiger partial charge in [0, 0.05) is 18.1 Å². The van der Waals surface area contributed by atoms with E-state index in [-0.39, 0.29) is 5.16 Å². The first kappa shape index (κ1) is 12.8. The van der Waals surface area contributed by atoms with E-state index in [1.54, 1.807) is 18.3 Å². The summed E-state index contributed by atoms with van der Waals surface area (Å²) in [7, 11) is 0. The van der Waals surface area contributed by atoms with E-state index >= 15 is 0 Å². The van der Waals surface area contributed by atoms with Crippen molar-refractivity contribution in [3.63, 3.8) is 0 Å². The molecule has 2 rings (SSSR count). The van der Waals surface area contributed by atoms with Crippen molar-refractivity contribution in [2.45, 2.75) is 17.1 Å². The second-order valence-electron chi connectivity index (χ2n) is 3.33. The van der Waals surface area contributed by atoms with Crippen molar-refractivity contribution in [1.82, 2.24) is 15.0 Å². The molecule has 0 saturated carbocycles.